The molecule has 0 bridgehead atoms. The summed E-state index contributed by atoms with van der Waals surface area (Å²) in [5.41, 5.74) is 4.80. The van der Waals surface area contributed by atoms with Crippen LogP contribution in [0.1, 0.15) is 85.7 Å². The van der Waals surface area contributed by atoms with Gasteiger partial charge in [0.1, 0.15) is 6.10 Å². The van der Waals surface area contributed by atoms with Crippen molar-refractivity contribution in [3.8, 4) is 0 Å². The van der Waals surface area contributed by atoms with Crippen molar-refractivity contribution in [2.45, 2.75) is 77.2 Å². The lowest BCUT2D eigenvalue weighted by molar-refractivity contribution is -0.0261. The van der Waals surface area contributed by atoms with Crippen LogP contribution < -0.4 is 0 Å². The van der Waals surface area contributed by atoms with Crippen molar-refractivity contribution in [2.75, 3.05) is 0 Å². The maximum absolute atomic E-state index is 12.6. The average Bonchev–Trinajstić information content (AvgIpc) is 3.38. The van der Waals surface area contributed by atoms with E-state index in [9.17, 15) is 9.59 Å². The van der Waals surface area contributed by atoms with Crippen molar-refractivity contribution in [3.63, 3.8) is 0 Å². The van der Waals surface area contributed by atoms with Crippen LogP contribution in [-0.2, 0) is 16.6 Å². The van der Waals surface area contributed by atoms with Crippen LogP contribution in [0.4, 0.5) is 0 Å². The standard InChI is InChI=1S/C29H34N2O3/c1-18(32)31-26-20(17-30-31)15-25-23-10-9-21-16-22(34-27(33)19-7-5-4-6-8-19)11-13-28(21,2)24(23)12-14-29(25,26)3/h4-9,17,22-25H,10-16H2,1-3H3/t22-,23+,24-,25-,28-,29-/m0/s1. The van der Waals surface area contributed by atoms with Crippen LogP contribution in [0, 0.1) is 23.2 Å². The van der Waals surface area contributed by atoms with E-state index in [4.69, 9.17) is 4.74 Å². The number of esters is 1. The summed E-state index contributed by atoms with van der Waals surface area (Å²) in [5.74, 6) is 1.66. The van der Waals surface area contributed by atoms with Crippen LogP contribution in [0.5, 0.6) is 0 Å². The highest BCUT2D eigenvalue weighted by Crippen LogP contribution is 2.64. The van der Waals surface area contributed by atoms with Crippen LogP contribution in [0.15, 0.2) is 48.2 Å². The number of hydrogen-bond acceptors (Lipinski definition) is 4. The lowest BCUT2D eigenvalue weighted by atomic mass is 9.48. The number of fused-ring (bicyclic) bond motifs is 7. The van der Waals surface area contributed by atoms with Crippen LogP contribution in [0.3, 0.4) is 0 Å². The van der Waals surface area contributed by atoms with Gasteiger partial charge in [-0.3, -0.25) is 4.79 Å². The molecule has 0 amide bonds. The molecular weight excluding hydrogens is 424 g/mol. The van der Waals surface area contributed by atoms with Crippen molar-refractivity contribution in [1.82, 2.24) is 9.78 Å². The molecule has 34 heavy (non-hydrogen) atoms. The Hall–Kier alpha value is -2.69. The number of carbonyl (C=O) groups excluding carboxylic acids is 2. The third-order valence-corrected chi connectivity index (χ3v) is 9.86. The van der Waals surface area contributed by atoms with E-state index in [1.165, 1.54) is 23.3 Å². The predicted molar refractivity (Wildman–Crippen MR) is 130 cm³/mol. The van der Waals surface area contributed by atoms with E-state index < -0.39 is 0 Å². The van der Waals surface area contributed by atoms with Crippen molar-refractivity contribution < 1.29 is 14.3 Å². The fourth-order valence-electron chi connectivity index (χ4n) is 8.13. The van der Waals surface area contributed by atoms with Gasteiger partial charge in [0.15, 0.2) is 0 Å². The van der Waals surface area contributed by atoms with Gasteiger partial charge in [0.05, 0.1) is 17.5 Å². The van der Waals surface area contributed by atoms with Gasteiger partial charge in [0, 0.05) is 18.8 Å². The van der Waals surface area contributed by atoms with Gasteiger partial charge in [-0.05, 0) is 79.4 Å². The fraction of sp³-hybridized carbons (Fsp3) is 0.552. The van der Waals surface area contributed by atoms with Gasteiger partial charge in [-0.1, -0.05) is 43.7 Å². The summed E-state index contributed by atoms with van der Waals surface area (Å²) in [6.45, 7) is 6.46. The lowest BCUT2D eigenvalue weighted by Crippen LogP contribution is -2.51. The summed E-state index contributed by atoms with van der Waals surface area (Å²) >= 11 is 0. The van der Waals surface area contributed by atoms with Crippen LogP contribution in [0.2, 0.25) is 0 Å². The van der Waals surface area contributed by atoms with Gasteiger partial charge in [-0.2, -0.15) is 5.10 Å². The molecule has 0 radical (unpaired) electrons. The maximum Gasteiger partial charge on any atom is 0.338 e. The first-order valence-corrected chi connectivity index (χ1v) is 12.8. The Kier molecular flexibility index (Phi) is 4.91. The number of allylic oxidation sites excluding steroid dienone is 1. The Morgan fingerprint density at radius 3 is 2.56 bits per heavy atom. The number of hydrogen-bond donors (Lipinski definition) is 0. The summed E-state index contributed by atoms with van der Waals surface area (Å²) in [6, 6.07) is 9.32. The molecule has 6 atom stereocenters. The Morgan fingerprint density at radius 2 is 1.79 bits per heavy atom. The first-order valence-electron chi connectivity index (χ1n) is 12.8. The molecule has 2 aromatic rings. The molecule has 4 aliphatic rings. The molecule has 5 heteroatoms. The number of nitrogens with zero attached hydrogens (tertiary/aromatic N) is 2. The Balaban J connectivity index is 1.23. The average molecular weight is 459 g/mol. The summed E-state index contributed by atoms with van der Waals surface area (Å²) in [4.78, 5) is 24.9. The third-order valence-electron chi connectivity index (χ3n) is 9.86. The Bertz CT molecular complexity index is 1180. The second-order valence-corrected chi connectivity index (χ2v) is 11.5. The van der Waals surface area contributed by atoms with Gasteiger partial charge in [-0.25, -0.2) is 9.48 Å². The van der Waals surface area contributed by atoms with Crippen molar-refractivity contribution in [1.29, 1.82) is 0 Å². The van der Waals surface area contributed by atoms with E-state index in [1.54, 1.807) is 11.6 Å². The zero-order valence-electron chi connectivity index (χ0n) is 20.4. The summed E-state index contributed by atoms with van der Waals surface area (Å²) < 4.78 is 7.61. The number of rotatable bonds is 2. The highest BCUT2D eigenvalue weighted by molar-refractivity contribution is 5.89. The summed E-state index contributed by atoms with van der Waals surface area (Å²) in [5, 5.41) is 4.42. The number of ether oxygens (including phenoxy) is 1. The molecular formula is C29H34N2O3. The van der Waals surface area contributed by atoms with E-state index in [0.717, 1.165) is 38.5 Å². The quantitative estimate of drug-likeness (QED) is 0.425. The van der Waals surface area contributed by atoms with E-state index in [0.29, 0.717) is 23.3 Å². The van der Waals surface area contributed by atoms with E-state index >= 15 is 0 Å². The third kappa shape index (κ3) is 3.08. The zero-order valence-corrected chi connectivity index (χ0v) is 20.4. The Labute approximate surface area is 201 Å². The van der Waals surface area contributed by atoms with Gasteiger partial charge >= 0.3 is 5.97 Å². The topological polar surface area (TPSA) is 61.2 Å². The predicted octanol–water partition coefficient (Wildman–Crippen LogP) is 5.75. The highest BCUT2D eigenvalue weighted by atomic mass is 16.5. The Morgan fingerprint density at radius 1 is 1.03 bits per heavy atom. The molecule has 4 aliphatic carbocycles. The number of aromatic nitrogens is 2. The molecule has 2 saturated carbocycles. The minimum Gasteiger partial charge on any atom is -0.458 e. The summed E-state index contributed by atoms with van der Waals surface area (Å²) in [6.07, 6.45) is 11.7. The molecule has 0 unspecified atom stereocenters. The van der Waals surface area contributed by atoms with E-state index in [-0.39, 0.29) is 28.8 Å². The SMILES string of the molecule is CC(=O)n1ncc2c1[C@@]1(C)CC[C@H]3[C@@H](CC=C4C[C@@H](OC(=O)c5ccccc5)CC[C@@]43C)[C@@H]1C2. The number of benzene rings is 1. The van der Waals surface area contributed by atoms with Crippen LogP contribution in [0.25, 0.3) is 0 Å². The largest absolute Gasteiger partial charge is 0.458 e. The molecule has 2 fully saturated rings. The smallest absolute Gasteiger partial charge is 0.338 e. The fourth-order valence-corrected chi connectivity index (χ4v) is 8.13. The molecule has 0 saturated heterocycles. The molecule has 1 aromatic heterocycles. The minimum atomic E-state index is -0.208. The van der Waals surface area contributed by atoms with Gasteiger partial charge < -0.3 is 4.74 Å². The van der Waals surface area contributed by atoms with E-state index in [2.05, 4.69) is 25.0 Å². The van der Waals surface area contributed by atoms with Gasteiger partial charge in [0.2, 0.25) is 5.91 Å². The number of carbonyl (C=O) groups is 2. The first-order chi connectivity index (χ1) is 16.3. The lowest BCUT2D eigenvalue weighted by Gasteiger charge is -2.57. The van der Waals surface area contributed by atoms with Gasteiger partial charge in [0.25, 0.3) is 0 Å². The second-order valence-electron chi connectivity index (χ2n) is 11.5. The molecule has 0 spiro atoms. The van der Waals surface area contributed by atoms with Crippen LogP contribution >= 0.6 is 0 Å². The zero-order chi connectivity index (χ0) is 23.7. The normalized spacial score (nSPS) is 35.9. The first kappa shape index (κ1) is 21.8. The summed E-state index contributed by atoms with van der Waals surface area (Å²) in [7, 11) is 0. The monoisotopic (exact) mass is 458 g/mol. The second kappa shape index (κ2) is 7.66. The minimum absolute atomic E-state index is 0.0198. The molecule has 0 aliphatic heterocycles. The molecule has 5 nitrogen and oxygen atoms in total. The molecule has 178 valence electrons. The van der Waals surface area contributed by atoms with Gasteiger partial charge in [-0.15, -0.1) is 0 Å². The molecule has 1 aromatic carbocycles. The molecule has 1 heterocycles. The van der Waals surface area contributed by atoms with Crippen LogP contribution in [-0.4, -0.2) is 27.8 Å². The van der Waals surface area contributed by atoms with Crippen molar-refractivity contribution >= 4 is 11.9 Å². The van der Waals surface area contributed by atoms with Crippen molar-refractivity contribution in [2.24, 2.45) is 23.2 Å². The molecule has 0 N–H and O–H groups in total. The molecule has 6 rings (SSSR count). The van der Waals surface area contributed by atoms with E-state index in [1.807, 2.05) is 36.5 Å². The van der Waals surface area contributed by atoms with Crippen molar-refractivity contribution in [3.05, 3.63) is 65.0 Å². The maximum atomic E-state index is 12.6. The highest BCUT2D eigenvalue weighted by Gasteiger charge is 2.58.